The van der Waals surface area contributed by atoms with E-state index in [-0.39, 0.29) is 6.04 Å². The summed E-state index contributed by atoms with van der Waals surface area (Å²) in [5.41, 5.74) is 8.04. The van der Waals surface area contributed by atoms with Crippen molar-refractivity contribution in [2.45, 2.75) is 50.6 Å². The van der Waals surface area contributed by atoms with Crippen LogP contribution in [0.4, 0.5) is 0 Å². The average molecular weight is 254 g/mol. The highest BCUT2D eigenvalue weighted by Gasteiger charge is 2.27. The summed E-state index contributed by atoms with van der Waals surface area (Å²) in [6.07, 6.45) is 10.4. The van der Waals surface area contributed by atoms with Gasteiger partial charge >= 0.3 is 0 Å². The molecule has 1 saturated heterocycles. The number of nitrogens with zero attached hydrogens (tertiary/aromatic N) is 1. The Morgan fingerprint density at radius 2 is 2.18 bits per heavy atom. The fraction of sp³-hybridized carbons (Fsp3) is 0.857. The van der Waals surface area contributed by atoms with E-state index in [0.29, 0.717) is 6.04 Å². The Hall–Kier alpha value is 0.0100. The summed E-state index contributed by atoms with van der Waals surface area (Å²) >= 11 is 2.06. The predicted molar refractivity (Wildman–Crippen MR) is 77.5 cm³/mol. The lowest BCUT2D eigenvalue weighted by atomic mass is 9.91. The molecule has 0 radical (unpaired) electrons. The van der Waals surface area contributed by atoms with Crippen LogP contribution in [0.25, 0.3) is 0 Å². The summed E-state index contributed by atoms with van der Waals surface area (Å²) in [6, 6.07) is 0.824. The number of thioether (sulfide) groups is 1. The van der Waals surface area contributed by atoms with Crippen molar-refractivity contribution in [3.05, 3.63) is 11.6 Å². The molecule has 2 atom stereocenters. The molecule has 1 fully saturated rings. The molecule has 2 rings (SSSR count). The van der Waals surface area contributed by atoms with E-state index >= 15 is 0 Å². The zero-order valence-electron chi connectivity index (χ0n) is 11.0. The van der Waals surface area contributed by atoms with Crippen molar-refractivity contribution in [3.63, 3.8) is 0 Å². The zero-order chi connectivity index (χ0) is 12.1. The Morgan fingerprint density at radius 3 is 3.00 bits per heavy atom. The summed E-state index contributed by atoms with van der Waals surface area (Å²) in [5, 5.41) is 0. The molecule has 3 heteroatoms. The van der Waals surface area contributed by atoms with Gasteiger partial charge in [-0.15, -0.1) is 0 Å². The molecule has 1 aliphatic carbocycles. The van der Waals surface area contributed by atoms with Crippen LogP contribution >= 0.6 is 11.8 Å². The zero-order valence-corrected chi connectivity index (χ0v) is 11.8. The monoisotopic (exact) mass is 254 g/mol. The maximum absolute atomic E-state index is 6.51. The van der Waals surface area contributed by atoms with E-state index in [1.54, 1.807) is 0 Å². The van der Waals surface area contributed by atoms with Gasteiger partial charge in [0.15, 0.2) is 0 Å². The fourth-order valence-electron chi connectivity index (χ4n) is 2.85. The van der Waals surface area contributed by atoms with Crippen molar-refractivity contribution >= 4 is 11.8 Å². The molecule has 2 aliphatic rings. The van der Waals surface area contributed by atoms with Crippen molar-refractivity contribution in [2.75, 3.05) is 25.1 Å². The second kappa shape index (κ2) is 6.81. The molecule has 0 spiro atoms. The van der Waals surface area contributed by atoms with Gasteiger partial charge in [0.05, 0.1) is 0 Å². The summed E-state index contributed by atoms with van der Waals surface area (Å²) in [5.74, 6) is 2.47. The van der Waals surface area contributed by atoms with Crippen LogP contribution in [0, 0.1) is 0 Å². The lowest BCUT2D eigenvalue weighted by molar-refractivity contribution is 0.246. The first kappa shape index (κ1) is 13.4. The van der Waals surface area contributed by atoms with Gasteiger partial charge in [-0.2, -0.15) is 11.8 Å². The molecule has 0 bridgehead atoms. The van der Waals surface area contributed by atoms with Crippen molar-refractivity contribution in [3.8, 4) is 0 Å². The normalized spacial score (nSPS) is 30.2. The lowest BCUT2D eigenvalue weighted by Gasteiger charge is -2.37. The van der Waals surface area contributed by atoms with E-state index in [2.05, 4.69) is 29.8 Å². The number of hydrogen-bond donors (Lipinski definition) is 1. The number of hydrogen-bond acceptors (Lipinski definition) is 3. The molecule has 2 N–H and O–H groups in total. The molecule has 17 heavy (non-hydrogen) atoms. The van der Waals surface area contributed by atoms with Crippen LogP contribution in [0.1, 0.15) is 38.5 Å². The predicted octanol–water partition coefficient (Wildman–Crippen LogP) is 2.64. The van der Waals surface area contributed by atoms with Gasteiger partial charge in [-0.1, -0.05) is 24.5 Å². The van der Waals surface area contributed by atoms with Gasteiger partial charge < -0.3 is 5.73 Å². The van der Waals surface area contributed by atoms with Gasteiger partial charge in [-0.25, -0.2) is 0 Å². The highest BCUT2D eigenvalue weighted by atomic mass is 32.2. The summed E-state index contributed by atoms with van der Waals surface area (Å²) in [7, 11) is 2.23. The van der Waals surface area contributed by atoms with Crippen LogP contribution in [0.3, 0.4) is 0 Å². The van der Waals surface area contributed by atoms with E-state index in [1.807, 2.05) is 0 Å². The number of allylic oxidation sites excluding steroid dienone is 1. The summed E-state index contributed by atoms with van der Waals surface area (Å²) in [6.45, 7) is 1.19. The van der Waals surface area contributed by atoms with E-state index in [1.165, 1.54) is 62.1 Å². The summed E-state index contributed by atoms with van der Waals surface area (Å²) < 4.78 is 0. The molecule has 98 valence electrons. The Kier molecular flexibility index (Phi) is 5.39. The van der Waals surface area contributed by atoms with Gasteiger partial charge in [0.2, 0.25) is 0 Å². The molecule has 0 saturated carbocycles. The van der Waals surface area contributed by atoms with E-state index in [9.17, 15) is 0 Å². The largest absolute Gasteiger partial charge is 0.323 e. The van der Waals surface area contributed by atoms with Gasteiger partial charge in [-0.3, -0.25) is 4.90 Å². The Balaban J connectivity index is 1.98. The van der Waals surface area contributed by atoms with Crippen LogP contribution in [-0.2, 0) is 0 Å². The SMILES string of the molecule is CN1CCSCC1C(N)C1=CCCCCCC1. The van der Waals surface area contributed by atoms with Crippen molar-refractivity contribution in [2.24, 2.45) is 5.73 Å². The minimum Gasteiger partial charge on any atom is -0.323 e. The van der Waals surface area contributed by atoms with Crippen LogP contribution in [0.5, 0.6) is 0 Å². The molecule has 2 nitrogen and oxygen atoms in total. The van der Waals surface area contributed by atoms with E-state index in [4.69, 9.17) is 5.73 Å². The minimum absolute atomic E-state index is 0.269. The third-order valence-corrected chi connectivity index (χ3v) is 5.16. The Labute approximate surface area is 110 Å². The number of likely N-dealkylation sites (N-methyl/N-ethyl adjacent to an activating group) is 1. The first-order chi connectivity index (χ1) is 8.29. The van der Waals surface area contributed by atoms with E-state index in [0.717, 1.165) is 0 Å². The molecule has 0 aromatic rings. The molecule has 1 aliphatic heterocycles. The summed E-state index contributed by atoms with van der Waals surface area (Å²) in [4.78, 5) is 2.46. The molecular weight excluding hydrogens is 228 g/mol. The van der Waals surface area contributed by atoms with Gasteiger partial charge in [0.1, 0.15) is 0 Å². The second-order valence-corrected chi connectivity index (χ2v) is 6.53. The first-order valence-electron chi connectivity index (χ1n) is 7.01. The third kappa shape index (κ3) is 3.73. The smallest absolute Gasteiger partial charge is 0.0420 e. The topological polar surface area (TPSA) is 29.3 Å². The first-order valence-corrected chi connectivity index (χ1v) is 8.17. The molecular formula is C14H26N2S. The average Bonchev–Trinajstić information content (AvgIpc) is 2.28. The van der Waals surface area contributed by atoms with Crippen molar-refractivity contribution in [1.29, 1.82) is 0 Å². The van der Waals surface area contributed by atoms with Crippen LogP contribution in [0.15, 0.2) is 11.6 Å². The quantitative estimate of drug-likeness (QED) is 0.768. The molecule has 0 aromatic carbocycles. The molecule has 2 unspecified atom stereocenters. The minimum atomic E-state index is 0.269. The van der Waals surface area contributed by atoms with Crippen molar-refractivity contribution in [1.82, 2.24) is 4.90 Å². The standard InChI is InChI=1S/C14H26N2S/c1-16-9-10-17-11-13(16)14(15)12-7-5-3-2-4-6-8-12/h7,13-14H,2-6,8-11,15H2,1H3. The maximum Gasteiger partial charge on any atom is 0.0420 e. The van der Waals surface area contributed by atoms with Crippen molar-refractivity contribution < 1.29 is 0 Å². The maximum atomic E-state index is 6.51. The Bertz CT molecular complexity index is 265. The van der Waals surface area contributed by atoms with Gasteiger partial charge in [0.25, 0.3) is 0 Å². The number of nitrogens with two attached hydrogens (primary N) is 1. The fourth-order valence-corrected chi connectivity index (χ4v) is 4.14. The Morgan fingerprint density at radius 1 is 1.35 bits per heavy atom. The number of rotatable bonds is 2. The van der Waals surface area contributed by atoms with Crippen LogP contribution < -0.4 is 5.73 Å². The molecule has 1 heterocycles. The molecule has 0 aromatic heterocycles. The highest BCUT2D eigenvalue weighted by Crippen LogP contribution is 2.25. The van der Waals surface area contributed by atoms with Gasteiger partial charge in [-0.05, 0) is 32.7 Å². The second-order valence-electron chi connectivity index (χ2n) is 5.38. The van der Waals surface area contributed by atoms with E-state index < -0.39 is 0 Å². The van der Waals surface area contributed by atoms with Crippen LogP contribution in [-0.4, -0.2) is 42.1 Å². The molecule has 0 amide bonds. The van der Waals surface area contributed by atoms with Crippen LogP contribution in [0.2, 0.25) is 0 Å². The third-order valence-electron chi connectivity index (χ3n) is 4.11. The lowest BCUT2D eigenvalue weighted by Crippen LogP contribution is -2.51. The van der Waals surface area contributed by atoms with Gasteiger partial charge in [0, 0.05) is 30.1 Å². The highest BCUT2D eigenvalue weighted by molar-refractivity contribution is 7.99.